The van der Waals surface area contributed by atoms with E-state index in [1.165, 1.54) is 6.07 Å². The predicted molar refractivity (Wildman–Crippen MR) is 92.9 cm³/mol. The molecule has 1 aromatic heterocycles. The average Bonchev–Trinajstić information content (AvgIpc) is 3.07. The molecule has 2 aromatic rings. The maximum Gasteiger partial charge on any atom is 0.409 e. The van der Waals surface area contributed by atoms with Gasteiger partial charge in [0.15, 0.2) is 5.82 Å². The number of aromatic nitrogens is 2. The first-order valence-corrected chi connectivity index (χ1v) is 8.72. The number of aryl methyl sites for hydroxylation is 1. The summed E-state index contributed by atoms with van der Waals surface area (Å²) in [4.78, 5) is 20.0. The molecule has 0 spiro atoms. The number of carbonyl (C=O) groups excluding carboxylic acids is 1. The first kappa shape index (κ1) is 18.3. The van der Waals surface area contributed by atoms with Crippen molar-refractivity contribution in [1.82, 2.24) is 19.9 Å². The number of carbonyl (C=O) groups is 1. The summed E-state index contributed by atoms with van der Waals surface area (Å²) in [5, 5.41) is 3.98. The van der Waals surface area contributed by atoms with Gasteiger partial charge in [-0.2, -0.15) is 4.98 Å². The van der Waals surface area contributed by atoms with Crippen molar-refractivity contribution in [3.05, 3.63) is 35.4 Å². The Kier molecular flexibility index (Phi) is 5.51. The lowest BCUT2D eigenvalue weighted by atomic mass is 10.1. The number of piperazine rings is 1. The Morgan fingerprint density at radius 2 is 2.23 bits per heavy atom. The van der Waals surface area contributed by atoms with Crippen molar-refractivity contribution in [3.8, 4) is 11.5 Å². The minimum absolute atomic E-state index is 0.130. The van der Waals surface area contributed by atoms with Crippen molar-refractivity contribution in [2.24, 2.45) is 0 Å². The summed E-state index contributed by atoms with van der Waals surface area (Å²) in [6, 6.07) is 4.91. The van der Waals surface area contributed by atoms with Crippen molar-refractivity contribution < 1.29 is 18.4 Å². The molecule has 1 amide bonds. The molecule has 1 saturated heterocycles. The minimum Gasteiger partial charge on any atom is -0.450 e. The first-order chi connectivity index (χ1) is 12.5. The molecule has 0 unspecified atom stereocenters. The Bertz CT molecular complexity index is 780. The van der Waals surface area contributed by atoms with Gasteiger partial charge in [0, 0.05) is 25.7 Å². The van der Waals surface area contributed by atoms with Crippen LogP contribution < -0.4 is 0 Å². The van der Waals surface area contributed by atoms with Crippen LogP contribution in [0.5, 0.6) is 0 Å². The lowest BCUT2D eigenvalue weighted by molar-refractivity contribution is 0.0531. The SMILES string of the molecule is CCOC(=O)N1CCN(Cc2noc(-c3cc(C)ccc3F)n2)[C@H](C)C1. The zero-order valence-electron chi connectivity index (χ0n) is 15.2. The Morgan fingerprint density at radius 1 is 1.42 bits per heavy atom. The third-order valence-electron chi connectivity index (χ3n) is 4.46. The zero-order valence-corrected chi connectivity index (χ0v) is 15.2. The van der Waals surface area contributed by atoms with Crippen LogP contribution in [-0.2, 0) is 11.3 Å². The smallest absolute Gasteiger partial charge is 0.409 e. The summed E-state index contributed by atoms with van der Waals surface area (Å²) in [7, 11) is 0. The topological polar surface area (TPSA) is 71.7 Å². The van der Waals surface area contributed by atoms with Crippen molar-refractivity contribution >= 4 is 6.09 Å². The molecule has 26 heavy (non-hydrogen) atoms. The van der Waals surface area contributed by atoms with Crippen molar-refractivity contribution in [2.45, 2.75) is 33.4 Å². The highest BCUT2D eigenvalue weighted by Crippen LogP contribution is 2.23. The summed E-state index contributed by atoms with van der Waals surface area (Å²) in [5.41, 5.74) is 1.23. The molecule has 2 heterocycles. The fourth-order valence-electron chi connectivity index (χ4n) is 3.02. The fraction of sp³-hybridized carbons (Fsp3) is 0.500. The largest absolute Gasteiger partial charge is 0.450 e. The molecule has 8 heteroatoms. The van der Waals surface area contributed by atoms with Crippen LogP contribution in [0.25, 0.3) is 11.5 Å². The number of benzene rings is 1. The van der Waals surface area contributed by atoms with E-state index in [-0.39, 0.29) is 23.8 Å². The standard InChI is InChI=1S/C18H23FN4O3/c1-4-25-18(24)23-8-7-22(13(3)10-23)11-16-20-17(26-21-16)14-9-12(2)5-6-15(14)19/h5-6,9,13H,4,7-8,10-11H2,1-3H3/t13-/m1/s1. The van der Waals surface area contributed by atoms with Crippen molar-refractivity contribution in [3.63, 3.8) is 0 Å². The summed E-state index contributed by atoms with van der Waals surface area (Å²) in [5.74, 6) is 0.290. The maximum atomic E-state index is 14.0. The molecule has 140 valence electrons. The Labute approximate surface area is 151 Å². The average molecular weight is 362 g/mol. The lowest BCUT2D eigenvalue weighted by Gasteiger charge is -2.38. The highest BCUT2D eigenvalue weighted by molar-refractivity contribution is 5.67. The Hall–Kier alpha value is -2.48. The van der Waals surface area contributed by atoms with E-state index >= 15 is 0 Å². The molecule has 0 saturated carbocycles. The van der Waals surface area contributed by atoms with Gasteiger partial charge in [0.05, 0.1) is 18.7 Å². The van der Waals surface area contributed by atoms with Gasteiger partial charge in [-0.05, 0) is 32.9 Å². The number of nitrogens with zero attached hydrogens (tertiary/aromatic N) is 4. The van der Waals surface area contributed by atoms with Crippen LogP contribution in [0.3, 0.4) is 0 Å². The highest BCUT2D eigenvalue weighted by Gasteiger charge is 2.28. The van der Waals surface area contributed by atoms with E-state index in [4.69, 9.17) is 9.26 Å². The van der Waals surface area contributed by atoms with E-state index in [1.807, 2.05) is 13.8 Å². The monoisotopic (exact) mass is 362 g/mol. The third kappa shape index (κ3) is 4.01. The van der Waals surface area contributed by atoms with E-state index in [0.29, 0.717) is 44.2 Å². The molecule has 0 aliphatic carbocycles. The first-order valence-electron chi connectivity index (χ1n) is 8.72. The van der Waals surface area contributed by atoms with Crippen molar-refractivity contribution in [2.75, 3.05) is 26.2 Å². The summed E-state index contributed by atoms with van der Waals surface area (Å²) >= 11 is 0. The van der Waals surface area contributed by atoms with Crippen molar-refractivity contribution in [1.29, 1.82) is 0 Å². The van der Waals surface area contributed by atoms with Crippen LogP contribution in [0.1, 0.15) is 25.2 Å². The fourth-order valence-corrected chi connectivity index (χ4v) is 3.02. The van der Waals surface area contributed by atoms with Crippen LogP contribution in [-0.4, -0.2) is 58.3 Å². The van der Waals surface area contributed by atoms with E-state index in [0.717, 1.165) is 5.56 Å². The number of amides is 1. The zero-order chi connectivity index (χ0) is 18.7. The van der Waals surface area contributed by atoms with Gasteiger partial charge in [-0.25, -0.2) is 9.18 Å². The van der Waals surface area contributed by atoms with E-state index in [2.05, 4.69) is 15.0 Å². The summed E-state index contributed by atoms with van der Waals surface area (Å²) in [6.07, 6.45) is -0.282. The second-order valence-corrected chi connectivity index (χ2v) is 6.46. The van der Waals surface area contributed by atoms with Gasteiger partial charge in [-0.1, -0.05) is 16.8 Å². The molecule has 0 radical (unpaired) electrons. The molecule has 0 bridgehead atoms. The molecule has 7 nitrogen and oxygen atoms in total. The van der Waals surface area contributed by atoms with E-state index in [1.54, 1.807) is 24.0 Å². The van der Waals surface area contributed by atoms with Gasteiger partial charge in [-0.3, -0.25) is 4.90 Å². The van der Waals surface area contributed by atoms with Crippen LogP contribution in [0.15, 0.2) is 22.7 Å². The van der Waals surface area contributed by atoms with Crippen LogP contribution in [0, 0.1) is 12.7 Å². The van der Waals surface area contributed by atoms with E-state index in [9.17, 15) is 9.18 Å². The lowest BCUT2D eigenvalue weighted by Crippen LogP contribution is -2.53. The normalized spacial score (nSPS) is 18.2. The number of ether oxygens (including phenoxy) is 1. The molecule has 0 N–H and O–H groups in total. The third-order valence-corrected chi connectivity index (χ3v) is 4.46. The molecule has 3 rings (SSSR count). The number of halogens is 1. The van der Waals surface area contributed by atoms with Gasteiger partial charge >= 0.3 is 6.09 Å². The van der Waals surface area contributed by atoms with Crippen LogP contribution >= 0.6 is 0 Å². The van der Waals surface area contributed by atoms with Crippen LogP contribution in [0.4, 0.5) is 9.18 Å². The minimum atomic E-state index is -0.387. The second-order valence-electron chi connectivity index (χ2n) is 6.46. The van der Waals surface area contributed by atoms with Crippen LogP contribution in [0.2, 0.25) is 0 Å². The second kappa shape index (κ2) is 7.82. The van der Waals surface area contributed by atoms with Gasteiger partial charge < -0.3 is 14.2 Å². The molecule has 1 fully saturated rings. The molecule has 1 aliphatic heterocycles. The maximum absolute atomic E-state index is 14.0. The molecule has 1 atom stereocenters. The molecular formula is C18H23FN4O3. The van der Waals surface area contributed by atoms with Gasteiger partial charge in [0.1, 0.15) is 5.82 Å². The summed E-state index contributed by atoms with van der Waals surface area (Å²) in [6.45, 7) is 8.41. The highest BCUT2D eigenvalue weighted by atomic mass is 19.1. The summed E-state index contributed by atoms with van der Waals surface area (Å²) < 4.78 is 24.3. The Morgan fingerprint density at radius 3 is 2.96 bits per heavy atom. The predicted octanol–water partition coefficient (Wildman–Crippen LogP) is 2.85. The molecule has 1 aliphatic rings. The molecular weight excluding hydrogens is 339 g/mol. The number of rotatable bonds is 4. The van der Waals surface area contributed by atoms with Gasteiger partial charge in [0.25, 0.3) is 5.89 Å². The quantitative estimate of drug-likeness (QED) is 0.833. The Balaban J connectivity index is 1.65. The van der Waals surface area contributed by atoms with Gasteiger partial charge in [-0.15, -0.1) is 0 Å². The molecule has 1 aromatic carbocycles. The number of hydrogen-bond acceptors (Lipinski definition) is 6. The van der Waals surface area contributed by atoms with Gasteiger partial charge in [0.2, 0.25) is 0 Å². The number of hydrogen-bond donors (Lipinski definition) is 0. The van der Waals surface area contributed by atoms with E-state index < -0.39 is 0 Å².